The number of rotatable bonds is 4. The molecule has 3 unspecified atom stereocenters. The number of nitrogens with one attached hydrogen (secondary N) is 1. The van der Waals surface area contributed by atoms with Crippen molar-refractivity contribution in [3.63, 3.8) is 0 Å². The third-order valence-corrected chi connectivity index (χ3v) is 3.55. The molecule has 13 heavy (non-hydrogen) atoms. The van der Waals surface area contributed by atoms with E-state index in [4.69, 9.17) is 0 Å². The summed E-state index contributed by atoms with van der Waals surface area (Å²) in [5.74, 6) is 0.860. The lowest BCUT2D eigenvalue weighted by Gasteiger charge is -2.28. The van der Waals surface area contributed by atoms with Crippen molar-refractivity contribution in [2.24, 2.45) is 5.92 Å². The third kappa shape index (κ3) is 2.96. The topological polar surface area (TPSA) is 15.3 Å². The highest BCUT2D eigenvalue weighted by Gasteiger charge is 2.24. The van der Waals surface area contributed by atoms with Gasteiger partial charge in [-0.2, -0.15) is 0 Å². The van der Waals surface area contributed by atoms with E-state index in [0.29, 0.717) is 6.04 Å². The predicted molar refractivity (Wildman–Crippen MR) is 58.0 cm³/mol. The molecule has 0 bridgehead atoms. The normalized spacial score (nSPS) is 31.2. The van der Waals surface area contributed by atoms with E-state index in [-0.39, 0.29) is 0 Å². The van der Waals surface area contributed by atoms with Crippen LogP contribution in [0.3, 0.4) is 0 Å². The van der Waals surface area contributed by atoms with Crippen LogP contribution in [0, 0.1) is 5.92 Å². The predicted octanol–water partition coefficient (Wildman–Crippen LogP) is 1.71. The largest absolute Gasteiger partial charge is 0.314 e. The lowest BCUT2D eigenvalue weighted by molar-refractivity contribution is 0.207. The molecule has 1 heterocycles. The van der Waals surface area contributed by atoms with Crippen molar-refractivity contribution < 1.29 is 0 Å². The van der Waals surface area contributed by atoms with Crippen LogP contribution in [0.2, 0.25) is 0 Å². The van der Waals surface area contributed by atoms with E-state index >= 15 is 0 Å². The molecule has 78 valence electrons. The van der Waals surface area contributed by atoms with E-state index in [2.05, 4.69) is 38.0 Å². The Labute approximate surface area is 82.7 Å². The van der Waals surface area contributed by atoms with Crippen LogP contribution in [0.5, 0.6) is 0 Å². The summed E-state index contributed by atoms with van der Waals surface area (Å²) in [5, 5.41) is 3.51. The number of hydrogen-bond donors (Lipinski definition) is 1. The van der Waals surface area contributed by atoms with E-state index in [9.17, 15) is 0 Å². The van der Waals surface area contributed by atoms with Gasteiger partial charge in [-0.15, -0.1) is 0 Å². The SMILES string of the molecule is CCC(C)N(C)CC1CCNC1C. The van der Waals surface area contributed by atoms with Crippen molar-refractivity contribution in [1.29, 1.82) is 0 Å². The minimum Gasteiger partial charge on any atom is -0.314 e. The molecule has 1 fully saturated rings. The van der Waals surface area contributed by atoms with Gasteiger partial charge in [0, 0.05) is 18.6 Å². The lowest BCUT2D eigenvalue weighted by Crippen LogP contribution is -2.36. The van der Waals surface area contributed by atoms with Crippen LogP contribution in [0.25, 0.3) is 0 Å². The zero-order valence-electron chi connectivity index (χ0n) is 9.51. The summed E-state index contributed by atoms with van der Waals surface area (Å²) in [4.78, 5) is 2.49. The Morgan fingerprint density at radius 3 is 2.69 bits per heavy atom. The molecule has 0 aliphatic carbocycles. The smallest absolute Gasteiger partial charge is 0.00796 e. The van der Waals surface area contributed by atoms with Gasteiger partial charge in [-0.1, -0.05) is 6.92 Å². The molecule has 3 atom stereocenters. The Hall–Kier alpha value is -0.0800. The third-order valence-electron chi connectivity index (χ3n) is 3.55. The van der Waals surface area contributed by atoms with Gasteiger partial charge >= 0.3 is 0 Å². The summed E-state index contributed by atoms with van der Waals surface area (Å²) in [6.07, 6.45) is 2.60. The van der Waals surface area contributed by atoms with Crippen LogP contribution in [-0.4, -0.2) is 37.1 Å². The molecule has 1 N–H and O–H groups in total. The molecule has 2 nitrogen and oxygen atoms in total. The fraction of sp³-hybridized carbons (Fsp3) is 1.00. The molecule has 0 spiro atoms. The highest BCUT2D eigenvalue weighted by molar-refractivity contribution is 4.82. The zero-order chi connectivity index (χ0) is 9.84. The second-order valence-corrected chi connectivity index (χ2v) is 4.49. The molecule has 0 saturated carbocycles. The summed E-state index contributed by atoms with van der Waals surface area (Å²) in [7, 11) is 2.25. The summed E-state index contributed by atoms with van der Waals surface area (Å²) < 4.78 is 0. The van der Waals surface area contributed by atoms with E-state index < -0.39 is 0 Å². The van der Waals surface area contributed by atoms with E-state index in [1.54, 1.807) is 0 Å². The molecule has 0 amide bonds. The Bertz CT molecular complexity index is 147. The van der Waals surface area contributed by atoms with Crippen molar-refractivity contribution in [2.45, 2.75) is 45.7 Å². The second kappa shape index (κ2) is 4.97. The zero-order valence-corrected chi connectivity index (χ0v) is 9.51. The van der Waals surface area contributed by atoms with E-state index in [0.717, 1.165) is 12.0 Å². The van der Waals surface area contributed by atoms with Crippen molar-refractivity contribution in [3.05, 3.63) is 0 Å². The monoisotopic (exact) mass is 184 g/mol. The van der Waals surface area contributed by atoms with Gasteiger partial charge in [0.05, 0.1) is 0 Å². The van der Waals surface area contributed by atoms with Gasteiger partial charge < -0.3 is 10.2 Å². The molecule has 2 heteroatoms. The van der Waals surface area contributed by atoms with Crippen molar-refractivity contribution in [3.8, 4) is 0 Å². The number of nitrogens with zero attached hydrogens (tertiary/aromatic N) is 1. The standard InChI is InChI=1S/C11H24N2/c1-5-9(2)13(4)8-11-6-7-12-10(11)3/h9-12H,5-8H2,1-4H3. The second-order valence-electron chi connectivity index (χ2n) is 4.49. The van der Waals surface area contributed by atoms with Crippen molar-refractivity contribution in [1.82, 2.24) is 10.2 Å². The molecule has 0 aromatic carbocycles. The van der Waals surface area contributed by atoms with Gasteiger partial charge in [0.2, 0.25) is 0 Å². The van der Waals surface area contributed by atoms with Gasteiger partial charge in [-0.3, -0.25) is 0 Å². The summed E-state index contributed by atoms with van der Waals surface area (Å²) in [6.45, 7) is 9.34. The van der Waals surface area contributed by atoms with Crippen LogP contribution in [0.15, 0.2) is 0 Å². The molecular formula is C11H24N2. The van der Waals surface area contributed by atoms with Gasteiger partial charge in [-0.25, -0.2) is 0 Å². The van der Waals surface area contributed by atoms with E-state index in [1.165, 1.54) is 25.9 Å². The summed E-state index contributed by atoms with van der Waals surface area (Å²) in [5.41, 5.74) is 0. The first kappa shape index (κ1) is 11.0. The molecule has 1 rings (SSSR count). The highest BCUT2D eigenvalue weighted by atomic mass is 15.1. The molecule has 0 radical (unpaired) electrons. The first-order valence-corrected chi connectivity index (χ1v) is 5.58. The highest BCUT2D eigenvalue weighted by Crippen LogP contribution is 2.17. The van der Waals surface area contributed by atoms with Crippen molar-refractivity contribution >= 4 is 0 Å². The Morgan fingerprint density at radius 1 is 1.54 bits per heavy atom. The van der Waals surface area contributed by atoms with Gasteiger partial charge in [0.15, 0.2) is 0 Å². The van der Waals surface area contributed by atoms with Gasteiger partial charge in [0.1, 0.15) is 0 Å². The van der Waals surface area contributed by atoms with Crippen LogP contribution in [0.1, 0.15) is 33.6 Å². The molecule has 1 saturated heterocycles. The average molecular weight is 184 g/mol. The maximum atomic E-state index is 3.51. The maximum absolute atomic E-state index is 3.51. The van der Waals surface area contributed by atoms with Crippen molar-refractivity contribution in [2.75, 3.05) is 20.1 Å². The quantitative estimate of drug-likeness (QED) is 0.715. The fourth-order valence-electron chi connectivity index (χ4n) is 2.02. The molecule has 0 aromatic heterocycles. The minimum atomic E-state index is 0.714. The average Bonchev–Trinajstić information content (AvgIpc) is 2.50. The Balaban J connectivity index is 2.30. The van der Waals surface area contributed by atoms with Gasteiger partial charge in [-0.05, 0) is 46.2 Å². The fourth-order valence-corrected chi connectivity index (χ4v) is 2.02. The van der Waals surface area contributed by atoms with E-state index in [1.807, 2.05) is 0 Å². The first-order chi connectivity index (χ1) is 6.15. The molecule has 1 aliphatic rings. The van der Waals surface area contributed by atoms with Crippen LogP contribution < -0.4 is 5.32 Å². The molecule has 1 aliphatic heterocycles. The van der Waals surface area contributed by atoms with Gasteiger partial charge in [0.25, 0.3) is 0 Å². The molecule has 0 aromatic rings. The lowest BCUT2D eigenvalue weighted by atomic mass is 10.0. The van der Waals surface area contributed by atoms with Crippen LogP contribution in [-0.2, 0) is 0 Å². The number of hydrogen-bond acceptors (Lipinski definition) is 2. The molecular weight excluding hydrogens is 160 g/mol. The minimum absolute atomic E-state index is 0.714. The Morgan fingerprint density at radius 2 is 2.23 bits per heavy atom. The maximum Gasteiger partial charge on any atom is 0.00796 e. The summed E-state index contributed by atoms with van der Waals surface area (Å²) in [6, 6.07) is 1.44. The van der Waals surface area contributed by atoms with Crippen LogP contribution in [0.4, 0.5) is 0 Å². The first-order valence-electron chi connectivity index (χ1n) is 5.58. The van der Waals surface area contributed by atoms with Crippen LogP contribution >= 0.6 is 0 Å². The Kier molecular flexibility index (Phi) is 4.20. The summed E-state index contributed by atoms with van der Waals surface area (Å²) >= 11 is 0.